The molecule has 0 rings (SSSR count). The minimum absolute atomic E-state index is 0.0926. The van der Waals surface area contributed by atoms with Gasteiger partial charge in [0.25, 0.3) is 0 Å². The van der Waals surface area contributed by atoms with Gasteiger partial charge in [-0.1, -0.05) is 64.7 Å². The minimum atomic E-state index is -4.23. The van der Waals surface area contributed by atoms with E-state index in [0.29, 0.717) is 6.42 Å². The van der Waals surface area contributed by atoms with E-state index in [4.69, 9.17) is 4.55 Å². The van der Waals surface area contributed by atoms with Crippen molar-refractivity contribution in [2.75, 3.05) is 6.61 Å². The fraction of sp³-hybridized carbons (Fsp3) is 1.00. The first-order chi connectivity index (χ1) is 9.97. The molecule has 21 heavy (non-hydrogen) atoms. The number of hydrogen-bond donors (Lipinski definition) is 1. The molecule has 0 spiro atoms. The van der Waals surface area contributed by atoms with Crippen molar-refractivity contribution >= 4 is 38.3 Å². The Labute approximate surface area is 149 Å². The third-order valence-electron chi connectivity index (χ3n) is 3.23. The van der Waals surface area contributed by atoms with E-state index in [-0.39, 0.29) is 6.61 Å². The van der Waals surface area contributed by atoms with Crippen LogP contribution in [0.4, 0.5) is 0 Å². The van der Waals surface area contributed by atoms with Gasteiger partial charge in [-0.25, -0.2) is 4.18 Å². The molecule has 0 atom stereocenters. The van der Waals surface area contributed by atoms with Gasteiger partial charge in [0.05, 0.1) is 6.61 Å². The van der Waals surface area contributed by atoms with Crippen LogP contribution in [0.3, 0.4) is 0 Å². The summed E-state index contributed by atoms with van der Waals surface area (Å²) in [5, 5.41) is 0. The van der Waals surface area contributed by atoms with Gasteiger partial charge < -0.3 is 0 Å². The number of unbranched alkanes of at least 4 members (excludes halogenated alkanes) is 9. The Hall–Kier alpha value is 0.870. The number of rotatable bonds is 13. The first-order valence-electron chi connectivity index (χ1n) is 8.59. The van der Waals surface area contributed by atoms with E-state index < -0.39 is 10.4 Å². The van der Waals surface area contributed by atoms with Crippen molar-refractivity contribution in [3.05, 3.63) is 0 Å². The molecule has 0 amide bonds. The summed E-state index contributed by atoms with van der Waals surface area (Å²) in [5.74, 6) is 0. The van der Waals surface area contributed by atoms with Crippen LogP contribution in [0.2, 0.25) is 3.67 Å². The van der Waals surface area contributed by atoms with E-state index >= 15 is 0 Å². The second-order valence-corrected chi connectivity index (χ2v) is 7.52. The Morgan fingerprint density at radius 3 is 1.52 bits per heavy atom. The van der Waals surface area contributed by atoms with E-state index in [1.54, 1.807) is 0 Å². The van der Waals surface area contributed by atoms with E-state index in [0.717, 1.165) is 12.8 Å². The molecule has 4 nitrogen and oxygen atoms in total. The van der Waals surface area contributed by atoms with Gasteiger partial charge in [-0.15, -0.1) is 0 Å². The summed E-state index contributed by atoms with van der Waals surface area (Å²) >= 11 is 1.39. The standard InChI is InChI=1S/C12H26O4S.C3H7.Na/c1-2-3-4-5-6-7-8-9-10-11-12-16-17(13,14)15;1-3-2;/h2-12H2,1H3,(H,13,14,15);1,3H2,2H3;. The third kappa shape index (κ3) is 29.5. The molecule has 0 radical (unpaired) electrons. The van der Waals surface area contributed by atoms with Crippen LogP contribution in [0.25, 0.3) is 0 Å². The van der Waals surface area contributed by atoms with Crippen LogP contribution >= 0.6 is 0 Å². The SMILES string of the molecule is CCCCCCCCCCCCOS(=O)(=O)O.CC[CH2][Na]. The van der Waals surface area contributed by atoms with Gasteiger partial charge in [0, 0.05) is 0 Å². The average Bonchev–Trinajstić information content (AvgIpc) is 2.44. The molecule has 0 bridgehead atoms. The van der Waals surface area contributed by atoms with Gasteiger partial charge in [-0.05, 0) is 6.42 Å². The Kier molecular flexibility index (Phi) is 21.7. The second-order valence-electron chi connectivity index (χ2n) is 5.43. The van der Waals surface area contributed by atoms with E-state index in [1.165, 1.54) is 83.0 Å². The van der Waals surface area contributed by atoms with E-state index in [9.17, 15) is 8.42 Å². The second kappa shape index (κ2) is 18.9. The Balaban J connectivity index is 0. The average molecular weight is 332 g/mol. The molecule has 124 valence electrons. The van der Waals surface area contributed by atoms with Crippen LogP contribution in [-0.2, 0) is 14.6 Å². The van der Waals surface area contributed by atoms with Gasteiger partial charge in [0.15, 0.2) is 0 Å². The summed E-state index contributed by atoms with van der Waals surface area (Å²) < 4.78 is 34.4. The molecule has 0 saturated heterocycles. The zero-order valence-corrected chi connectivity index (χ0v) is 17.1. The summed E-state index contributed by atoms with van der Waals surface area (Å²) in [6, 6.07) is 0. The molecule has 0 saturated carbocycles. The molecule has 0 aromatic heterocycles. The molecule has 0 aliphatic heterocycles. The molecule has 1 N–H and O–H groups in total. The maximum atomic E-state index is 10.2. The van der Waals surface area contributed by atoms with Crippen molar-refractivity contribution < 1.29 is 17.2 Å². The zero-order valence-electron chi connectivity index (χ0n) is 14.3. The van der Waals surface area contributed by atoms with Crippen LogP contribution in [-0.4, -0.2) is 47.5 Å². The molecule has 0 fully saturated rings. The molecule has 0 aromatic carbocycles. The van der Waals surface area contributed by atoms with Crippen molar-refractivity contribution in [1.29, 1.82) is 0 Å². The fourth-order valence-electron chi connectivity index (χ4n) is 1.75. The van der Waals surface area contributed by atoms with Crippen molar-refractivity contribution in [3.63, 3.8) is 0 Å². The Morgan fingerprint density at radius 1 is 0.810 bits per heavy atom. The van der Waals surface area contributed by atoms with Gasteiger partial charge in [0.2, 0.25) is 0 Å². The molecule has 6 heteroatoms. The van der Waals surface area contributed by atoms with Gasteiger partial charge in [-0.2, -0.15) is 8.42 Å². The first-order valence-corrected chi connectivity index (χ1v) is 11.4. The molecule has 0 heterocycles. The van der Waals surface area contributed by atoms with Crippen molar-refractivity contribution in [3.8, 4) is 0 Å². The molecular formula is C15H33NaO4S. The molecule has 0 aromatic rings. The summed E-state index contributed by atoms with van der Waals surface area (Å²) in [6.45, 7) is 4.52. The van der Waals surface area contributed by atoms with Gasteiger partial charge in [0.1, 0.15) is 0 Å². The van der Waals surface area contributed by atoms with Crippen molar-refractivity contribution in [1.82, 2.24) is 0 Å². The van der Waals surface area contributed by atoms with Crippen LogP contribution in [0.5, 0.6) is 0 Å². The van der Waals surface area contributed by atoms with Crippen molar-refractivity contribution in [2.24, 2.45) is 0 Å². The van der Waals surface area contributed by atoms with Crippen LogP contribution < -0.4 is 0 Å². The molecular weight excluding hydrogens is 299 g/mol. The first kappa shape index (κ1) is 24.1. The van der Waals surface area contributed by atoms with Gasteiger partial charge >= 0.3 is 55.3 Å². The summed E-state index contributed by atoms with van der Waals surface area (Å²) in [4.78, 5) is 0. The quantitative estimate of drug-likeness (QED) is 0.301. The van der Waals surface area contributed by atoms with Crippen molar-refractivity contribution in [2.45, 2.75) is 88.1 Å². The zero-order chi connectivity index (χ0) is 16.4. The maximum absolute atomic E-state index is 10.2. The molecule has 0 unspecified atom stereocenters. The summed E-state index contributed by atoms with van der Waals surface area (Å²) in [7, 11) is -4.23. The van der Waals surface area contributed by atoms with Crippen LogP contribution in [0, 0.1) is 0 Å². The fourth-order valence-corrected chi connectivity index (χ4v) is 2.08. The summed E-state index contributed by atoms with van der Waals surface area (Å²) in [5.41, 5.74) is 0. The van der Waals surface area contributed by atoms with Gasteiger partial charge in [-0.3, -0.25) is 4.55 Å². The predicted molar refractivity (Wildman–Crippen MR) is 90.2 cm³/mol. The third-order valence-corrected chi connectivity index (χ3v) is 4.69. The predicted octanol–water partition coefficient (Wildman–Crippen LogP) is 4.71. The summed E-state index contributed by atoms with van der Waals surface area (Å²) in [6.07, 6.45) is 13.2. The van der Waals surface area contributed by atoms with Crippen LogP contribution in [0.15, 0.2) is 0 Å². The Morgan fingerprint density at radius 2 is 1.19 bits per heavy atom. The molecule has 0 aliphatic rings. The van der Waals surface area contributed by atoms with Crippen LogP contribution in [0.1, 0.15) is 84.5 Å². The van der Waals surface area contributed by atoms with E-state index in [1.807, 2.05) is 0 Å². The normalized spacial score (nSPS) is 11.1. The topological polar surface area (TPSA) is 63.6 Å². The number of hydrogen-bond acceptors (Lipinski definition) is 3. The molecule has 0 aliphatic carbocycles. The monoisotopic (exact) mass is 332 g/mol. The Bertz CT molecular complexity index is 279. The van der Waals surface area contributed by atoms with E-state index in [2.05, 4.69) is 18.0 Å².